The number of nitrogens with one attached hydrogen (secondary N) is 3. The van der Waals surface area contributed by atoms with E-state index in [1.807, 2.05) is 19.2 Å². The molecule has 3 aliphatic rings. The zero-order chi connectivity index (χ0) is 19.1. The predicted molar refractivity (Wildman–Crippen MR) is 111 cm³/mol. The third-order valence-electron chi connectivity index (χ3n) is 5.96. The van der Waals surface area contributed by atoms with Gasteiger partial charge in [0.25, 0.3) is 0 Å². The molecule has 0 amide bonds. The Hall–Kier alpha value is -2.38. The summed E-state index contributed by atoms with van der Waals surface area (Å²) in [5.41, 5.74) is 2.49. The van der Waals surface area contributed by atoms with Crippen molar-refractivity contribution >= 4 is 23.1 Å². The quantitative estimate of drug-likeness (QED) is 0.587. The Bertz CT molecular complexity index is 837. The average molecular weight is 380 g/mol. The van der Waals surface area contributed by atoms with Crippen LogP contribution in [-0.4, -0.2) is 52.9 Å². The summed E-state index contributed by atoms with van der Waals surface area (Å²) in [6.07, 6.45) is 5.74. The van der Waals surface area contributed by atoms with Crippen LogP contribution in [0.5, 0.6) is 0 Å². The highest BCUT2D eigenvalue weighted by Crippen LogP contribution is 2.40. The number of aliphatic hydroxyl groups excluding tert-OH is 1. The van der Waals surface area contributed by atoms with Gasteiger partial charge in [0.15, 0.2) is 0 Å². The average Bonchev–Trinajstić information content (AvgIpc) is 3.34. The Morgan fingerprint density at radius 1 is 1.25 bits per heavy atom. The standard InChI is InChI=1S/C21H28N6O/c1-13(12-28)24-20-7-17(27-11-16-6-18(27)10-22-16)8-21(26-20)25-19-5-4-15(9-23-19)14-2-3-14/h4-5,7-9,13-14,16,18,22,28H,2-3,6,10-12H2,1H3,(H2,23,24,25,26). The molecule has 3 fully saturated rings. The molecule has 5 rings (SSSR count). The smallest absolute Gasteiger partial charge is 0.135 e. The Balaban J connectivity index is 1.40. The second kappa shape index (κ2) is 7.22. The van der Waals surface area contributed by atoms with Crippen LogP contribution < -0.4 is 20.9 Å². The van der Waals surface area contributed by atoms with E-state index in [0.29, 0.717) is 18.0 Å². The molecule has 2 aliphatic heterocycles. The number of fused-ring (bicyclic) bond motifs is 2. The molecule has 2 aromatic heterocycles. The maximum absolute atomic E-state index is 9.41. The van der Waals surface area contributed by atoms with Crippen LogP contribution in [0.2, 0.25) is 0 Å². The van der Waals surface area contributed by atoms with E-state index in [0.717, 1.165) is 36.2 Å². The van der Waals surface area contributed by atoms with Crippen LogP contribution in [0.4, 0.5) is 23.1 Å². The molecule has 0 spiro atoms. The molecule has 1 aliphatic carbocycles. The van der Waals surface area contributed by atoms with Crippen molar-refractivity contribution in [3.8, 4) is 0 Å². The molecule has 7 heteroatoms. The molecule has 2 saturated heterocycles. The Labute approximate surface area is 165 Å². The van der Waals surface area contributed by atoms with Crippen molar-refractivity contribution in [1.29, 1.82) is 0 Å². The predicted octanol–water partition coefficient (Wildman–Crippen LogP) is 2.44. The van der Waals surface area contributed by atoms with Crippen molar-refractivity contribution in [3.05, 3.63) is 36.0 Å². The summed E-state index contributed by atoms with van der Waals surface area (Å²) in [6.45, 7) is 4.08. The highest BCUT2D eigenvalue weighted by atomic mass is 16.3. The number of rotatable bonds is 7. The summed E-state index contributed by atoms with van der Waals surface area (Å²) in [5.74, 6) is 3.05. The lowest BCUT2D eigenvalue weighted by Crippen LogP contribution is -2.43. The van der Waals surface area contributed by atoms with Crippen molar-refractivity contribution in [3.63, 3.8) is 0 Å². The number of anilines is 4. The van der Waals surface area contributed by atoms with Crippen molar-refractivity contribution in [2.45, 2.75) is 50.2 Å². The molecule has 148 valence electrons. The molecule has 0 aromatic carbocycles. The lowest BCUT2D eigenvalue weighted by atomic mass is 10.2. The van der Waals surface area contributed by atoms with Crippen LogP contribution >= 0.6 is 0 Å². The highest BCUT2D eigenvalue weighted by molar-refractivity contribution is 5.66. The van der Waals surface area contributed by atoms with Gasteiger partial charge in [-0.05, 0) is 43.7 Å². The van der Waals surface area contributed by atoms with Crippen molar-refractivity contribution in [1.82, 2.24) is 15.3 Å². The monoisotopic (exact) mass is 380 g/mol. The molecule has 0 radical (unpaired) electrons. The molecule has 2 bridgehead atoms. The van der Waals surface area contributed by atoms with Gasteiger partial charge in [0.2, 0.25) is 0 Å². The van der Waals surface area contributed by atoms with Crippen LogP contribution in [0.1, 0.15) is 37.7 Å². The van der Waals surface area contributed by atoms with Gasteiger partial charge in [0, 0.05) is 55.2 Å². The Kier molecular flexibility index (Phi) is 4.56. The molecule has 2 aromatic rings. The number of aliphatic hydroxyl groups is 1. The zero-order valence-electron chi connectivity index (χ0n) is 16.2. The van der Waals surface area contributed by atoms with E-state index < -0.39 is 0 Å². The van der Waals surface area contributed by atoms with Gasteiger partial charge in [-0.1, -0.05) is 6.07 Å². The molecule has 7 nitrogen and oxygen atoms in total. The van der Waals surface area contributed by atoms with Crippen molar-refractivity contribution in [2.24, 2.45) is 0 Å². The van der Waals surface area contributed by atoms with E-state index in [9.17, 15) is 5.11 Å². The fraction of sp³-hybridized carbons (Fsp3) is 0.524. The first-order valence-electron chi connectivity index (χ1n) is 10.3. The van der Waals surface area contributed by atoms with E-state index >= 15 is 0 Å². The number of aromatic nitrogens is 2. The van der Waals surface area contributed by atoms with Gasteiger partial charge in [-0.2, -0.15) is 0 Å². The maximum Gasteiger partial charge on any atom is 0.135 e. The summed E-state index contributed by atoms with van der Waals surface area (Å²) in [4.78, 5) is 11.7. The van der Waals surface area contributed by atoms with Crippen LogP contribution in [0.15, 0.2) is 30.5 Å². The fourth-order valence-corrected chi connectivity index (χ4v) is 4.26. The molecule has 4 N–H and O–H groups in total. The van der Waals surface area contributed by atoms with E-state index in [2.05, 4.69) is 44.0 Å². The van der Waals surface area contributed by atoms with E-state index in [4.69, 9.17) is 4.98 Å². The van der Waals surface area contributed by atoms with Crippen LogP contribution in [0, 0.1) is 0 Å². The molecule has 4 heterocycles. The highest BCUT2D eigenvalue weighted by Gasteiger charge is 2.37. The summed E-state index contributed by atoms with van der Waals surface area (Å²) < 4.78 is 0. The minimum absolute atomic E-state index is 0.0525. The summed E-state index contributed by atoms with van der Waals surface area (Å²) in [5, 5.41) is 19.6. The van der Waals surface area contributed by atoms with Crippen LogP contribution in [0.25, 0.3) is 0 Å². The van der Waals surface area contributed by atoms with Crippen LogP contribution in [0.3, 0.4) is 0 Å². The van der Waals surface area contributed by atoms with Gasteiger partial charge < -0.3 is 26.0 Å². The van der Waals surface area contributed by atoms with E-state index in [1.54, 1.807) is 0 Å². The summed E-state index contributed by atoms with van der Waals surface area (Å²) in [7, 11) is 0. The first kappa shape index (κ1) is 17.7. The zero-order valence-corrected chi connectivity index (χ0v) is 16.2. The second-order valence-corrected chi connectivity index (χ2v) is 8.35. The molecule has 1 saturated carbocycles. The van der Waals surface area contributed by atoms with Crippen LogP contribution in [-0.2, 0) is 0 Å². The number of hydrogen-bond acceptors (Lipinski definition) is 7. The topological polar surface area (TPSA) is 85.3 Å². The maximum atomic E-state index is 9.41. The Morgan fingerprint density at radius 2 is 2.11 bits per heavy atom. The first-order chi connectivity index (χ1) is 13.7. The minimum atomic E-state index is -0.0525. The fourth-order valence-electron chi connectivity index (χ4n) is 4.26. The van der Waals surface area contributed by atoms with Gasteiger partial charge in [-0.3, -0.25) is 0 Å². The molecule has 3 atom stereocenters. The summed E-state index contributed by atoms with van der Waals surface area (Å²) >= 11 is 0. The number of piperazine rings is 1. The summed E-state index contributed by atoms with van der Waals surface area (Å²) in [6, 6.07) is 9.46. The first-order valence-corrected chi connectivity index (χ1v) is 10.3. The van der Waals surface area contributed by atoms with Crippen molar-refractivity contribution in [2.75, 3.05) is 35.2 Å². The number of pyridine rings is 2. The number of hydrogen-bond donors (Lipinski definition) is 4. The molecule has 3 unspecified atom stereocenters. The SMILES string of the molecule is CC(CO)Nc1cc(N2CC3CC2CN3)cc(Nc2ccc(C3CC3)cn2)n1. The molecular formula is C21H28N6O. The van der Waals surface area contributed by atoms with Gasteiger partial charge in [0.05, 0.1) is 6.61 Å². The van der Waals surface area contributed by atoms with Gasteiger partial charge in [-0.25, -0.2) is 9.97 Å². The molecule has 28 heavy (non-hydrogen) atoms. The van der Waals surface area contributed by atoms with E-state index in [1.165, 1.54) is 24.8 Å². The minimum Gasteiger partial charge on any atom is -0.394 e. The van der Waals surface area contributed by atoms with Gasteiger partial charge >= 0.3 is 0 Å². The van der Waals surface area contributed by atoms with Crippen molar-refractivity contribution < 1.29 is 5.11 Å². The van der Waals surface area contributed by atoms with Gasteiger partial charge in [-0.15, -0.1) is 0 Å². The second-order valence-electron chi connectivity index (χ2n) is 8.35. The number of nitrogens with zero attached hydrogens (tertiary/aromatic N) is 3. The normalized spacial score (nSPS) is 24.4. The van der Waals surface area contributed by atoms with E-state index in [-0.39, 0.29) is 12.6 Å². The Morgan fingerprint density at radius 3 is 2.75 bits per heavy atom. The lowest BCUT2D eigenvalue weighted by molar-refractivity contribution is 0.281. The molecular weight excluding hydrogens is 352 g/mol. The van der Waals surface area contributed by atoms with Gasteiger partial charge in [0.1, 0.15) is 17.5 Å². The third kappa shape index (κ3) is 3.64. The third-order valence-corrected chi connectivity index (χ3v) is 5.96. The largest absolute Gasteiger partial charge is 0.394 e. The lowest BCUT2D eigenvalue weighted by Gasteiger charge is -2.30.